The van der Waals surface area contributed by atoms with Gasteiger partial charge in [-0.05, 0) is 22.4 Å². The maximum absolute atomic E-state index is 14.7. The molecule has 0 atom stereocenters. The Hall–Kier alpha value is -4.19. The molecule has 0 aliphatic heterocycles. The van der Waals surface area contributed by atoms with E-state index in [-0.39, 0.29) is 5.83 Å². The number of fused-ring (bicyclic) bond motifs is 3. The average Bonchev–Trinajstić information content (AvgIpc) is 3.21. The Kier molecular flexibility index (Phi) is 3.96. The van der Waals surface area contributed by atoms with Gasteiger partial charge in [-0.2, -0.15) is 0 Å². The van der Waals surface area contributed by atoms with Crippen LogP contribution in [0, 0.1) is 0 Å². The number of allylic oxidation sites excluding steroid dienone is 2. The van der Waals surface area contributed by atoms with E-state index < -0.39 is 0 Å². The Labute approximate surface area is 177 Å². The normalized spacial score (nSPS) is 14.7. The minimum atomic E-state index is -0.300. The first-order chi connectivity index (χ1) is 15.3. The molecule has 0 saturated heterocycles. The Morgan fingerprint density at radius 2 is 1.84 bits per heavy atom. The molecule has 3 heterocycles. The summed E-state index contributed by atoms with van der Waals surface area (Å²) in [7, 11) is 0. The largest absolute Gasteiger partial charge is 0.288 e. The maximum atomic E-state index is 14.7. The van der Waals surface area contributed by atoms with Crippen LogP contribution in [0.3, 0.4) is 0 Å². The van der Waals surface area contributed by atoms with Crippen molar-refractivity contribution in [1.29, 1.82) is 0 Å². The fraction of sp³-hybridized carbons (Fsp3) is 0.0400. The van der Waals surface area contributed by atoms with Crippen LogP contribution in [0.15, 0.2) is 84.7 Å². The molecule has 0 radical (unpaired) electrons. The molecule has 0 N–H and O–H groups in total. The van der Waals surface area contributed by atoms with Crippen molar-refractivity contribution in [1.82, 2.24) is 24.5 Å². The summed E-state index contributed by atoms with van der Waals surface area (Å²) in [5.41, 5.74) is 5.06. The van der Waals surface area contributed by atoms with Gasteiger partial charge in [0, 0.05) is 36.0 Å². The first kappa shape index (κ1) is 17.7. The van der Waals surface area contributed by atoms with E-state index in [0.717, 1.165) is 27.6 Å². The highest BCUT2D eigenvalue weighted by atomic mass is 19.1. The molecular formula is C25H16FN5. The molecule has 0 fully saturated rings. The van der Waals surface area contributed by atoms with Crippen LogP contribution >= 0.6 is 0 Å². The standard InChI is InChI=1S/C25H16FN5/c26-21-12-22-17(7-4-10-27-22)11-18(21)14-31-15-29-24-25(31)30-23(13-28-24)20-9-3-6-16-5-1-2-8-19(16)20/h1-10,12-15H,11H2. The highest BCUT2D eigenvalue weighted by Gasteiger charge is 2.17. The fourth-order valence-corrected chi connectivity index (χ4v) is 3.99. The summed E-state index contributed by atoms with van der Waals surface area (Å²) < 4.78 is 16.5. The lowest BCUT2D eigenvalue weighted by Gasteiger charge is -2.14. The lowest BCUT2D eigenvalue weighted by Crippen LogP contribution is -2.04. The van der Waals surface area contributed by atoms with E-state index in [2.05, 4.69) is 33.2 Å². The summed E-state index contributed by atoms with van der Waals surface area (Å²) in [4.78, 5) is 17.9. The number of benzene rings is 2. The average molecular weight is 405 g/mol. The van der Waals surface area contributed by atoms with Gasteiger partial charge in [0.05, 0.1) is 17.6 Å². The highest BCUT2D eigenvalue weighted by molar-refractivity contribution is 5.96. The van der Waals surface area contributed by atoms with Crippen molar-refractivity contribution in [3.05, 3.63) is 96.0 Å². The van der Waals surface area contributed by atoms with Crippen LogP contribution < -0.4 is 0 Å². The smallest absolute Gasteiger partial charge is 0.197 e. The molecule has 0 unspecified atom stereocenters. The number of hydrogen-bond acceptors (Lipinski definition) is 4. The molecule has 2 aromatic carbocycles. The first-order valence-electron chi connectivity index (χ1n) is 9.96. The second-order valence-electron chi connectivity index (χ2n) is 7.45. The van der Waals surface area contributed by atoms with E-state index >= 15 is 0 Å². The predicted molar refractivity (Wildman–Crippen MR) is 120 cm³/mol. The summed E-state index contributed by atoms with van der Waals surface area (Å²) in [6.07, 6.45) is 8.69. The van der Waals surface area contributed by atoms with Crippen LogP contribution in [0.1, 0.15) is 11.3 Å². The molecule has 1 aliphatic rings. The van der Waals surface area contributed by atoms with Crippen LogP contribution in [-0.2, 0) is 6.42 Å². The lowest BCUT2D eigenvalue weighted by molar-refractivity contribution is 0.648. The zero-order valence-electron chi connectivity index (χ0n) is 16.4. The van der Waals surface area contributed by atoms with Gasteiger partial charge in [0.1, 0.15) is 12.2 Å². The van der Waals surface area contributed by atoms with Crippen molar-refractivity contribution in [2.45, 2.75) is 6.42 Å². The SMILES string of the molecule is FC1=Cc2ncccc2CC1=Cn1cnc2ncc(-c3cccc4ccccc34)nc21. The second kappa shape index (κ2) is 6.95. The van der Waals surface area contributed by atoms with Gasteiger partial charge in [0.25, 0.3) is 0 Å². The second-order valence-corrected chi connectivity index (χ2v) is 7.45. The predicted octanol–water partition coefficient (Wildman–Crippen LogP) is 5.45. The van der Waals surface area contributed by atoms with Gasteiger partial charge in [-0.1, -0.05) is 48.5 Å². The monoisotopic (exact) mass is 405 g/mol. The van der Waals surface area contributed by atoms with E-state index in [1.165, 1.54) is 6.08 Å². The number of imidazole rings is 1. The molecular weight excluding hydrogens is 389 g/mol. The summed E-state index contributed by atoms with van der Waals surface area (Å²) in [6.45, 7) is 0. The highest BCUT2D eigenvalue weighted by Crippen LogP contribution is 2.30. The van der Waals surface area contributed by atoms with Crippen molar-refractivity contribution in [2.75, 3.05) is 0 Å². The van der Waals surface area contributed by atoms with Gasteiger partial charge in [-0.3, -0.25) is 9.55 Å². The van der Waals surface area contributed by atoms with E-state index in [9.17, 15) is 4.39 Å². The molecule has 0 spiro atoms. The molecule has 0 saturated carbocycles. The molecule has 3 aromatic heterocycles. The number of aromatic nitrogens is 5. The van der Waals surface area contributed by atoms with Crippen LogP contribution in [0.5, 0.6) is 0 Å². The zero-order chi connectivity index (χ0) is 20.8. The zero-order valence-corrected chi connectivity index (χ0v) is 16.4. The van der Waals surface area contributed by atoms with E-state index in [1.54, 1.807) is 29.5 Å². The van der Waals surface area contributed by atoms with Gasteiger partial charge in [-0.15, -0.1) is 0 Å². The molecule has 0 bridgehead atoms. The van der Waals surface area contributed by atoms with Crippen LogP contribution in [0.4, 0.5) is 4.39 Å². The van der Waals surface area contributed by atoms with Crippen molar-refractivity contribution >= 4 is 34.3 Å². The third-order valence-corrected chi connectivity index (χ3v) is 5.52. The van der Waals surface area contributed by atoms with E-state index in [0.29, 0.717) is 29.0 Å². The summed E-state index contributed by atoms with van der Waals surface area (Å²) in [6, 6.07) is 18.1. The van der Waals surface area contributed by atoms with E-state index in [4.69, 9.17) is 4.98 Å². The number of nitrogens with zero attached hydrogens (tertiary/aromatic N) is 5. The van der Waals surface area contributed by atoms with Crippen molar-refractivity contribution < 1.29 is 4.39 Å². The van der Waals surface area contributed by atoms with Gasteiger partial charge >= 0.3 is 0 Å². The quantitative estimate of drug-likeness (QED) is 0.392. The molecule has 31 heavy (non-hydrogen) atoms. The Balaban J connectivity index is 1.47. The molecule has 0 amide bonds. The number of pyridine rings is 1. The van der Waals surface area contributed by atoms with Gasteiger partial charge < -0.3 is 0 Å². The first-order valence-corrected chi connectivity index (χ1v) is 9.96. The number of rotatable bonds is 2. The summed E-state index contributed by atoms with van der Waals surface area (Å²) in [5, 5.41) is 2.24. The molecule has 1 aliphatic carbocycles. The van der Waals surface area contributed by atoms with Crippen molar-refractivity contribution in [2.24, 2.45) is 0 Å². The van der Waals surface area contributed by atoms with Crippen LogP contribution in [0.2, 0.25) is 0 Å². The molecule has 148 valence electrons. The molecule has 5 nitrogen and oxygen atoms in total. The topological polar surface area (TPSA) is 56.5 Å². The summed E-state index contributed by atoms with van der Waals surface area (Å²) >= 11 is 0. The van der Waals surface area contributed by atoms with Crippen LogP contribution in [0.25, 0.3) is 45.6 Å². The Bertz CT molecular complexity index is 1520. The minimum absolute atomic E-state index is 0.300. The van der Waals surface area contributed by atoms with Crippen molar-refractivity contribution in [3.63, 3.8) is 0 Å². The Morgan fingerprint density at radius 1 is 0.935 bits per heavy atom. The molecule has 6 heteroatoms. The van der Waals surface area contributed by atoms with Gasteiger partial charge in [0.15, 0.2) is 11.3 Å². The lowest BCUT2D eigenvalue weighted by atomic mass is 9.97. The van der Waals surface area contributed by atoms with E-state index in [1.807, 2.05) is 36.4 Å². The third-order valence-electron chi connectivity index (χ3n) is 5.52. The molecule has 6 rings (SSSR count). The van der Waals surface area contributed by atoms with Crippen LogP contribution in [-0.4, -0.2) is 24.5 Å². The van der Waals surface area contributed by atoms with Gasteiger partial charge in [-0.25, -0.2) is 19.3 Å². The maximum Gasteiger partial charge on any atom is 0.197 e. The minimum Gasteiger partial charge on any atom is -0.288 e. The number of hydrogen-bond donors (Lipinski definition) is 0. The summed E-state index contributed by atoms with van der Waals surface area (Å²) in [5.74, 6) is -0.300. The number of halogens is 1. The Morgan fingerprint density at radius 3 is 2.81 bits per heavy atom. The van der Waals surface area contributed by atoms with Crippen molar-refractivity contribution in [3.8, 4) is 11.3 Å². The fourth-order valence-electron chi connectivity index (χ4n) is 3.99. The molecule has 5 aromatic rings. The third kappa shape index (κ3) is 3.00. The van der Waals surface area contributed by atoms with Gasteiger partial charge in [0.2, 0.25) is 0 Å².